The van der Waals surface area contributed by atoms with E-state index in [2.05, 4.69) is 36.3 Å². The molecule has 2 rings (SSSR count). The molecular formula is C17H25N3O. The van der Waals surface area contributed by atoms with Crippen molar-refractivity contribution in [2.24, 2.45) is 7.05 Å². The number of benzene rings is 1. The zero-order chi connectivity index (χ0) is 15.4. The second-order valence-electron chi connectivity index (χ2n) is 5.74. The van der Waals surface area contributed by atoms with Crippen molar-refractivity contribution >= 4 is 0 Å². The predicted molar refractivity (Wildman–Crippen MR) is 85.4 cm³/mol. The van der Waals surface area contributed by atoms with Gasteiger partial charge in [0.05, 0.1) is 12.1 Å². The van der Waals surface area contributed by atoms with E-state index < -0.39 is 0 Å². The lowest BCUT2D eigenvalue weighted by Crippen LogP contribution is -2.24. The molecule has 2 aromatic rings. The van der Waals surface area contributed by atoms with Gasteiger partial charge in [-0.2, -0.15) is 0 Å². The SMILES string of the molecule is CC(C)Oc1ccc(C(C)NC(C)c2nccn2C)cc1. The van der Waals surface area contributed by atoms with Crippen LogP contribution in [-0.4, -0.2) is 15.7 Å². The third-order valence-corrected chi connectivity index (χ3v) is 3.50. The van der Waals surface area contributed by atoms with Gasteiger partial charge < -0.3 is 14.6 Å². The van der Waals surface area contributed by atoms with Gasteiger partial charge >= 0.3 is 0 Å². The Bertz CT molecular complexity index is 560. The molecule has 2 atom stereocenters. The van der Waals surface area contributed by atoms with Gasteiger partial charge in [0.15, 0.2) is 0 Å². The van der Waals surface area contributed by atoms with E-state index in [9.17, 15) is 0 Å². The number of hydrogen-bond acceptors (Lipinski definition) is 3. The topological polar surface area (TPSA) is 39.1 Å². The van der Waals surface area contributed by atoms with Crippen molar-refractivity contribution in [1.29, 1.82) is 0 Å². The Morgan fingerprint density at radius 1 is 1.05 bits per heavy atom. The van der Waals surface area contributed by atoms with Crippen LogP contribution in [0.1, 0.15) is 51.2 Å². The lowest BCUT2D eigenvalue weighted by molar-refractivity contribution is 0.242. The van der Waals surface area contributed by atoms with Crippen LogP contribution in [0.3, 0.4) is 0 Å². The highest BCUT2D eigenvalue weighted by molar-refractivity contribution is 5.29. The number of rotatable bonds is 6. The molecule has 1 heterocycles. The maximum atomic E-state index is 5.67. The fourth-order valence-electron chi connectivity index (χ4n) is 2.45. The molecule has 21 heavy (non-hydrogen) atoms. The summed E-state index contributed by atoms with van der Waals surface area (Å²) in [6.07, 6.45) is 4.00. The molecule has 2 unspecified atom stereocenters. The van der Waals surface area contributed by atoms with Gasteiger partial charge in [-0.25, -0.2) is 4.98 Å². The van der Waals surface area contributed by atoms with E-state index in [0.29, 0.717) is 0 Å². The van der Waals surface area contributed by atoms with E-state index in [1.165, 1.54) is 5.56 Å². The molecule has 1 aromatic heterocycles. The second-order valence-corrected chi connectivity index (χ2v) is 5.74. The lowest BCUT2D eigenvalue weighted by atomic mass is 10.1. The number of aromatic nitrogens is 2. The van der Waals surface area contributed by atoms with E-state index in [1.54, 1.807) is 0 Å². The summed E-state index contributed by atoms with van der Waals surface area (Å²) < 4.78 is 7.72. The van der Waals surface area contributed by atoms with Crippen LogP contribution in [0.4, 0.5) is 0 Å². The summed E-state index contributed by atoms with van der Waals surface area (Å²) in [5.41, 5.74) is 1.24. The summed E-state index contributed by atoms with van der Waals surface area (Å²) in [5, 5.41) is 3.58. The third kappa shape index (κ3) is 4.08. The molecule has 0 amide bonds. The Labute approximate surface area is 127 Å². The molecular weight excluding hydrogens is 262 g/mol. The monoisotopic (exact) mass is 287 g/mol. The van der Waals surface area contributed by atoms with Gasteiger partial charge in [0.1, 0.15) is 11.6 Å². The molecule has 0 bridgehead atoms. The highest BCUT2D eigenvalue weighted by atomic mass is 16.5. The summed E-state index contributed by atoms with van der Waals surface area (Å²) in [7, 11) is 2.02. The fourth-order valence-corrected chi connectivity index (χ4v) is 2.45. The molecule has 1 N–H and O–H groups in total. The van der Waals surface area contributed by atoms with E-state index in [4.69, 9.17) is 4.74 Å². The normalized spacial score (nSPS) is 14.2. The lowest BCUT2D eigenvalue weighted by Gasteiger charge is -2.20. The first kappa shape index (κ1) is 15.6. The van der Waals surface area contributed by atoms with Crippen LogP contribution in [0.5, 0.6) is 5.75 Å². The zero-order valence-electron chi connectivity index (χ0n) is 13.5. The molecule has 0 fully saturated rings. The summed E-state index contributed by atoms with van der Waals surface area (Å²) in [6.45, 7) is 8.37. The van der Waals surface area contributed by atoms with Gasteiger partial charge in [-0.05, 0) is 45.4 Å². The first-order valence-electron chi connectivity index (χ1n) is 7.47. The summed E-state index contributed by atoms with van der Waals surface area (Å²) in [4.78, 5) is 4.39. The number of nitrogens with zero attached hydrogens (tertiary/aromatic N) is 2. The Morgan fingerprint density at radius 3 is 2.24 bits per heavy atom. The van der Waals surface area contributed by atoms with Gasteiger partial charge in [0.25, 0.3) is 0 Å². The summed E-state index contributed by atoms with van der Waals surface area (Å²) in [6, 6.07) is 8.73. The highest BCUT2D eigenvalue weighted by Crippen LogP contribution is 2.21. The van der Waals surface area contributed by atoms with E-state index in [-0.39, 0.29) is 18.2 Å². The van der Waals surface area contributed by atoms with Gasteiger partial charge in [0.2, 0.25) is 0 Å². The molecule has 0 aliphatic rings. The molecule has 4 heteroatoms. The summed E-state index contributed by atoms with van der Waals surface area (Å²) >= 11 is 0. The van der Waals surface area contributed by atoms with E-state index >= 15 is 0 Å². The predicted octanol–water partition coefficient (Wildman–Crippen LogP) is 3.62. The molecule has 4 nitrogen and oxygen atoms in total. The van der Waals surface area contributed by atoms with Crippen LogP contribution in [0.25, 0.3) is 0 Å². The average molecular weight is 287 g/mol. The van der Waals surface area contributed by atoms with Crippen molar-refractivity contribution in [2.45, 2.75) is 45.9 Å². The second kappa shape index (κ2) is 6.76. The molecule has 0 saturated heterocycles. The smallest absolute Gasteiger partial charge is 0.125 e. The van der Waals surface area contributed by atoms with Gasteiger partial charge in [0, 0.05) is 25.5 Å². The van der Waals surface area contributed by atoms with Gasteiger partial charge in [-0.3, -0.25) is 0 Å². The maximum Gasteiger partial charge on any atom is 0.125 e. The number of ether oxygens (including phenoxy) is 1. The van der Waals surface area contributed by atoms with Crippen LogP contribution < -0.4 is 10.1 Å². The maximum absolute atomic E-state index is 5.67. The molecule has 0 saturated carbocycles. The van der Waals surface area contributed by atoms with Crippen molar-refractivity contribution in [3.05, 3.63) is 48.0 Å². The largest absolute Gasteiger partial charge is 0.491 e. The molecule has 0 spiro atoms. The van der Waals surface area contributed by atoms with E-state index in [0.717, 1.165) is 11.6 Å². The van der Waals surface area contributed by atoms with Gasteiger partial charge in [-0.15, -0.1) is 0 Å². The molecule has 0 aliphatic carbocycles. The fraction of sp³-hybridized carbons (Fsp3) is 0.471. The van der Waals surface area contributed by atoms with Crippen molar-refractivity contribution in [3.8, 4) is 5.75 Å². The summed E-state index contributed by atoms with van der Waals surface area (Å²) in [5.74, 6) is 1.96. The van der Waals surface area contributed by atoms with Crippen LogP contribution in [0, 0.1) is 0 Å². The van der Waals surface area contributed by atoms with Crippen LogP contribution in [0.15, 0.2) is 36.7 Å². The highest BCUT2D eigenvalue weighted by Gasteiger charge is 2.14. The zero-order valence-corrected chi connectivity index (χ0v) is 13.5. The third-order valence-electron chi connectivity index (χ3n) is 3.50. The van der Waals surface area contributed by atoms with Gasteiger partial charge in [-0.1, -0.05) is 12.1 Å². The number of aryl methyl sites for hydroxylation is 1. The quantitative estimate of drug-likeness (QED) is 0.882. The van der Waals surface area contributed by atoms with Crippen LogP contribution in [-0.2, 0) is 7.05 Å². The van der Waals surface area contributed by atoms with Crippen LogP contribution >= 0.6 is 0 Å². The van der Waals surface area contributed by atoms with Crippen molar-refractivity contribution in [1.82, 2.24) is 14.9 Å². The van der Waals surface area contributed by atoms with Crippen molar-refractivity contribution in [2.75, 3.05) is 0 Å². The Kier molecular flexibility index (Phi) is 5.02. The Hall–Kier alpha value is -1.81. The van der Waals surface area contributed by atoms with Crippen LogP contribution in [0.2, 0.25) is 0 Å². The Balaban J connectivity index is 2.00. The molecule has 0 radical (unpaired) electrons. The van der Waals surface area contributed by atoms with Crippen molar-refractivity contribution in [3.63, 3.8) is 0 Å². The minimum absolute atomic E-state index is 0.201. The Morgan fingerprint density at radius 2 is 1.71 bits per heavy atom. The minimum atomic E-state index is 0.201. The standard InChI is InChI=1S/C17H25N3O/c1-12(2)21-16-8-6-15(7-9-16)13(3)19-14(4)17-18-10-11-20(17)5/h6-14,19H,1-5H3. The number of nitrogens with one attached hydrogen (secondary N) is 1. The number of hydrogen-bond donors (Lipinski definition) is 1. The van der Waals surface area contributed by atoms with Crippen molar-refractivity contribution < 1.29 is 4.74 Å². The number of imidazole rings is 1. The molecule has 114 valence electrons. The molecule has 1 aromatic carbocycles. The first-order valence-corrected chi connectivity index (χ1v) is 7.47. The minimum Gasteiger partial charge on any atom is -0.491 e. The first-order chi connectivity index (χ1) is 9.97. The van der Waals surface area contributed by atoms with E-state index in [1.807, 2.05) is 50.0 Å². The molecule has 0 aliphatic heterocycles. The average Bonchev–Trinajstić information content (AvgIpc) is 2.85.